The summed E-state index contributed by atoms with van der Waals surface area (Å²) >= 11 is 5.48. The third kappa shape index (κ3) is 5.55. The van der Waals surface area contributed by atoms with Crippen molar-refractivity contribution in [1.82, 2.24) is 10.2 Å². The van der Waals surface area contributed by atoms with Crippen molar-refractivity contribution >= 4 is 40.6 Å². The third-order valence-electron chi connectivity index (χ3n) is 6.59. The van der Waals surface area contributed by atoms with Crippen molar-refractivity contribution in [2.45, 2.75) is 31.8 Å². The van der Waals surface area contributed by atoms with Gasteiger partial charge >= 0.3 is 6.09 Å². The summed E-state index contributed by atoms with van der Waals surface area (Å²) in [7, 11) is 1.49. The number of halogens is 1. The molecule has 3 aliphatic rings. The van der Waals surface area contributed by atoms with E-state index in [1.807, 2.05) is 4.90 Å². The summed E-state index contributed by atoms with van der Waals surface area (Å²) in [5, 5.41) is 3.25. The van der Waals surface area contributed by atoms with Crippen LogP contribution < -0.4 is 15.1 Å². The van der Waals surface area contributed by atoms with E-state index >= 15 is 0 Å². The van der Waals surface area contributed by atoms with Crippen LogP contribution in [0.2, 0.25) is 0 Å². The number of ether oxygens (including phenoxy) is 2. The first-order chi connectivity index (χ1) is 16.0. The van der Waals surface area contributed by atoms with Crippen molar-refractivity contribution in [2.75, 3.05) is 62.8 Å². The van der Waals surface area contributed by atoms with Gasteiger partial charge in [-0.25, -0.2) is 9.18 Å². The molecule has 2 amide bonds. The topological polar surface area (TPSA) is 74.3 Å². The molecular weight excluding hydrogens is 447 g/mol. The molecule has 0 spiro atoms. The van der Waals surface area contributed by atoms with Crippen molar-refractivity contribution in [2.24, 2.45) is 5.92 Å². The molecule has 1 N–H and O–H groups in total. The minimum absolute atomic E-state index is 0.0534. The Labute approximate surface area is 199 Å². The molecule has 1 aromatic rings. The predicted molar refractivity (Wildman–Crippen MR) is 127 cm³/mol. The molecule has 8 nitrogen and oxygen atoms in total. The van der Waals surface area contributed by atoms with E-state index < -0.39 is 11.9 Å². The molecule has 1 aromatic carbocycles. The van der Waals surface area contributed by atoms with Crippen LogP contribution in [0.15, 0.2) is 18.2 Å². The van der Waals surface area contributed by atoms with Gasteiger partial charge in [-0.3, -0.25) is 9.69 Å². The predicted octanol–water partition coefficient (Wildman–Crippen LogP) is 2.55. The van der Waals surface area contributed by atoms with E-state index in [-0.39, 0.29) is 18.6 Å². The molecule has 2 aliphatic heterocycles. The van der Waals surface area contributed by atoms with E-state index in [0.717, 1.165) is 17.8 Å². The zero-order chi connectivity index (χ0) is 23.4. The Balaban J connectivity index is 1.31. The van der Waals surface area contributed by atoms with Gasteiger partial charge in [0.15, 0.2) is 0 Å². The minimum Gasteiger partial charge on any atom is -0.442 e. The summed E-state index contributed by atoms with van der Waals surface area (Å²) in [6.45, 7) is 2.96. The lowest BCUT2D eigenvalue weighted by molar-refractivity contribution is -0.135. The number of rotatable bonds is 7. The van der Waals surface area contributed by atoms with Gasteiger partial charge in [-0.2, -0.15) is 0 Å². The fraction of sp³-hybridized carbons (Fsp3) is 0.609. The van der Waals surface area contributed by atoms with Crippen LogP contribution in [0.3, 0.4) is 0 Å². The monoisotopic (exact) mass is 478 g/mol. The molecule has 33 heavy (non-hydrogen) atoms. The molecule has 4 rings (SSSR count). The van der Waals surface area contributed by atoms with Crippen LogP contribution >= 0.6 is 12.2 Å². The number of hydrogen-bond acceptors (Lipinski definition) is 6. The maximum Gasteiger partial charge on any atom is 0.414 e. The highest BCUT2D eigenvalue weighted by atomic mass is 32.1. The number of carbonyl (C=O) groups is 2. The van der Waals surface area contributed by atoms with E-state index in [1.165, 1.54) is 30.9 Å². The van der Waals surface area contributed by atoms with Crippen LogP contribution in [-0.4, -0.2) is 81.0 Å². The second-order valence-electron chi connectivity index (χ2n) is 8.78. The van der Waals surface area contributed by atoms with Gasteiger partial charge in [0.1, 0.15) is 18.5 Å². The Morgan fingerprint density at radius 1 is 1.24 bits per heavy atom. The lowest BCUT2D eigenvalue weighted by Gasteiger charge is -2.36. The highest BCUT2D eigenvalue weighted by molar-refractivity contribution is 7.80. The zero-order valence-corrected chi connectivity index (χ0v) is 19.7. The molecule has 180 valence electrons. The normalized spacial score (nSPS) is 21.5. The number of methoxy groups -OCH3 is 1. The highest BCUT2D eigenvalue weighted by Crippen LogP contribution is 2.29. The Kier molecular flexibility index (Phi) is 7.64. The number of piperazine rings is 1. The van der Waals surface area contributed by atoms with Crippen LogP contribution in [0.5, 0.6) is 0 Å². The first-order valence-electron chi connectivity index (χ1n) is 11.5. The Morgan fingerprint density at radius 3 is 2.64 bits per heavy atom. The first kappa shape index (κ1) is 23.7. The second-order valence-corrected chi connectivity index (χ2v) is 9.22. The minimum atomic E-state index is -0.481. The van der Waals surface area contributed by atoms with Gasteiger partial charge < -0.3 is 24.6 Å². The van der Waals surface area contributed by atoms with Crippen LogP contribution in [0.1, 0.15) is 25.7 Å². The standard InChI is InChI=1S/C23H31FN4O4S/c1-31-15-21(29)27-10-8-26(9-11-27)20-7-6-17(12-19(20)24)28-14-18(32-23(28)30)13-25-22(33)16-4-2-3-5-16/h6-7,12,16,18H,2-5,8-11,13-15H2,1H3,(H,25,33)/t18-/m0/s1. The molecule has 1 saturated carbocycles. The molecule has 2 saturated heterocycles. The number of benzene rings is 1. The number of nitrogens with zero attached hydrogens (tertiary/aromatic N) is 3. The number of thiocarbonyl (C=S) groups is 1. The summed E-state index contributed by atoms with van der Waals surface area (Å²) in [5.74, 6) is -0.0377. The molecule has 1 aliphatic carbocycles. The summed E-state index contributed by atoms with van der Waals surface area (Å²) in [4.78, 5) is 30.3. The van der Waals surface area contributed by atoms with Crippen molar-refractivity contribution in [1.29, 1.82) is 0 Å². The van der Waals surface area contributed by atoms with E-state index in [4.69, 9.17) is 21.7 Å². The average Bonchev–Trinajstić information content (AvgIpc) is 3.48. The van der Waals surface area contributed by atoms with Crippen LogP contribution in [0.25, 0.3) is 0 Å². The SMILES string of the molecule is COCC(=O)N1CCN(c2ccc(N3C[C@H](CNC(=S)C4CCCC4)OC3=O)cc2F)CC1. The highest BCUT2D eigenvalue weighted by Gasteiger charge is 2.33. The van der Waals surface area contributed by atoms with Crippen molar-refractivity contribution in [3.8, 4) is 0 Å². The number of anilines is 2. The molecule has 10 heteroatoms. The van der Waals surface area contributed by atoms with E-state index in [2.05, 4.69) is 5.32 Å². The number of cyclic esters (lactones) is 1. The molecule has 1 atom stereocenters. The fourth-order valence-electron chi connectivity index (χ4n) is 4.72. The number of amides is 2. The Morgan fingerprint density at radius 2 is 1.97 bits per heavy atom. The lowest BCUT2D eigenvalue weighted by Crippen LogP contribution is -2.50. The van der Waals surface area contributed by atoms with Gasteiger partial charge in [0.2, 0.25) is 5.91 Å². The van der Waals surface area contributed by atoms with Crippen LogP contribution in [-0.2, 0) is 14.3 Å². The lowest BCUT2D eigenvalue weighted by atomic mass is 10.1. The average molecular weight is 479 g/mol. The molecule has 0 unspecified atom stereocenters. The second kappa shape index (κ2) is 10.6. The molecule has 0 radical (unpaired) electrons. The Hall–Kier alpha value is -2.46. The maximum absolute atomic E-state index is 15.0. The van der Waals surface area contributed by atoms with Gasteiger partial charge in [0.05, 0.1) is 29.5 Å². The first-order valence-corrected chi connectivity index (χ1v) is 11.9. The largest absolute Gasteiger partial charge is 0.442 e. The molecule has 0 aromatic heterocycles. The quantitative estimate of drug-likeness (QED) is 0.604. The fourth-order valence-corrected chi connectivity index (χ4v) is 5.04. The zero-order valence-electron chi connectivity index (χ0n) is 18.9. The molecule has 0 bridgehead atoms. The van der Waals surface area contributed by atoms with Crippen molar-refractivity contribution < 1.29 is 23.5 Å². The Bertz CT molecular complexity index is 887. The van der Waals surface area contributed by atoms with E-state index in [9.17, 15) is 14.0 Å². The number of carbonyl (C=O) groups excluding carboxylic acids is 2. The van der Waals surface area contributed by atoms with Crippen molar-refractivity contribution in [3.05, 3.63) is 24.0 Å². The van der Waals surface area contributed by atoms with Crippen molar-refractivity contribution in [3.63, 3.8) is 0 Å². The number of hydrogen-bond donors (Lipinski definition) is 1. The van der Waals surface area contributed by atoms with E-state index in [0.29, 0.717) is 56.6 Å². The van der Waals surface area contributed by atoms with Gasteiger partial charge in [-0.15, -0.1) is 0 Å². The molecule has 3 fully saturated rings. The van der Waals surface area contributed by atoms with Crippen LogP contribution in [0.4, 0.5) is 20.6 Å². The summed E-state index contributed by atoms with van der Waals surface area (Å²) in [6, 6.07) is 4.80. The van der Waals surface area contributed by atoms with Gasteiger partial charge in [-0.1, -0.05) is 25.1 Å². The smallest absolute Gasteiger partial charge is 0.414 e. The van der Waals surface area contributed by atoms with Gasteiger partial charge in [0, 0.05) is 39.2 Å². The maximum atomic E-state index is 15.0. The van der Waals surface area contributed by atoms with Gasteiger partial charge in [0.25, 0.3) is 0 Å². The molecule has 2 heterocycles. The van der Waals surface area contributed by atoms with Crippen LogP contribution in [0, 0.1) is 11.7 Å². The summed E-state index contributed by atoms with van der Waals surface area (Å²) in [5.41, 5.74) is 0.932. The molecular formula is C23H31FN4O4S. The summed E-state index contributed by atoms with van der Waals surface area (Å²) < 4.78 is 25.3. The van der Waals surface area contributed by atoms with Gasteiger partial charge in [-0.05, 0) is 31.0 Å². The third-order valence-corrected chi connectivity index (χ3v) is 7.07. The number of nitrogens with one attached hydrogen (secondary N) is 1. The summed E-state index contributed by atoms with van der Waals surface area (Å²) in [6.07, 6.45) is 3.84. The van der Waals surface area contributed by atoms with E-state index in [1.54, 1.807) is 17.0 Å².